The first-order valence-electron chi connectivity index (χ1n) is 6.48. The molecule has 1 aliphatic rings. The highest BCUT2D eigenvalue weighted by Gasteiger charge is 2.32. The molecule has 0 atom stereocenters. The van der Waals surface area contributed by atoms with Crippen molar-refractivity contribution in [2.75, 3.05) is 31.7 Å². The van der Waals surface area contributed by atoms with E-state index < -0.39 is 17.6 Å². The van der Waals surface area contributed by atoms with E-state index in [-0.39, 0.29) is 11.3 Å². The maximum Gasteiger partial charge on any atom is 0.416 e. The molecule has 2 rings (SSSR count). The summed E-state index contributed by atoms with van der Waals surface area (Å²) in [7, 11) is 0. The van der Waals surface area contributed by atoms with Crippen LogP contribution in [0.2, 0.25) is 0 Å². The van der Waals surface area contributed by atoms with Crippen LogP contribution in [0.25, 0.3) is 0 Å². The number of amides is 1. The van der Waals surface area contributed by atoms with E-state index in [0.29, 0.717) is 32.7 Å². The van der Waals surface area contributed by atoms with Crippen LogP contribution in [-0.4, -0.2) is 37.1 Å². The molecule has 8 heteroatoms. The van der Waals surface area contributed by atoms with Gasteiger partial charge in [-0.05, 0) is 24.6 Å². The molecule has 1 aromatic carbocycles. The summed E-state index contributed by atoms with van der Waals surface area (Å²) < 4.78 is 43.6. The van der Waals surface area contributed by atoms with Crippen molar-refractivity contribution in [2.45, 2.75) is 12.6 Å². The molecule has 1 aliphatic heterocycles. The topological polar surface area (TPSA) is 67.6 Å². The van der Waals surface area contributed by atoms with Gasteiger partial charge in [0.15, 0.2) is 0 Å². The lowest BCUT2D eigenvalue weighted by Crippen LogP contribution is -2.34. The Balaban J connectivity index is 2.33. The summed E-state index contributed by atoms with van der Waals surface area (Å²) in [5.41, 5.74) is 1.46. The Labute approximate surface area is 119 Å². The second kappa shape index (κ2) is 6.31. The fourth-order valence-electron chi connectivity index (χ4n) is 2.14. The molecule has 1 saturated heterocycles. The van der Waals surface area contributed by atoms with Crippen LogP contribution in [0, 0.1) is 0 Å². The van der Waals surface area contributed by atoms with Crippen molar-refractivity contribution in [3.8, 4) is 0 Å². The van der Waals surface area contributed by atoms with Gasteiger partial charge in [0.1, 0.15) is 0 Å². The smallest absolute Gasteiger partial charge is 0.380 e. The first kappa shape index (κ1) is 15.6. The molecule has 0 aromatic heterocycles. The third-order valence-corrected chi connectivity index (χ3v) is 3.24. The summed E-state index contributed by atoms with van der Waals surface area (Å²) in [4.78, 5) is 13.9. The molecule has 0 spiro atoms. The number of hydrazine groups is 1. The van der Waals surface area contributed by atoms with Crippen molar-refractivity contribution in [3.63, 3.8) is 0 Å². The predicted octanol–water partition coefficient (Wildman–Crippen LogP) is 1.85. The number of carbonyl (C=O) groups is 1. The highest BCUT2D eigenvalue weighted by atomic mass is 19.4. The molecule has 0 radical (unpaired) electrons. The van der Waals surface area contributed by atoms with Gasteiger partial charge in [0, 0.05) is 19.7 Å². The number of hydrogen-bond donors (Lipinski definition) is 2. The van der Waals surface area contributed by atoms with Gasteiger partial charge in [-0.15, -0.1) is 0 Å². The molecular weight excluding hydrogens is 287 g/mol. The number of rotatable bonds is 2. The zero-order valence-corrected chi connectivity index (χ0v) is 11.2. The van der Waals surface area contributed by atoms with Crippen LogP contribution in [0.1, 0.15) is 22.3 Å². The minimum atomic E-state index is -4.51. The van der Waals surface area contributed by atoms with Crippen molar-refractivity contribution in [1.82, 2.24) is 4.90 Å². The number of halogens is 3. The fourth-order valence-corrected chi connectivity index (χ4v) is 2.14. The predicted molar refractivity (Wildman–Crippen MR) is 70.6 cm³/mol. The summed E-state index contributed by atoms with van der Waals surface area (Å²) in [5, 5.41) is 0. The number of nitrogen functional groups attached to an aromatic ring is 1. The molecule has 1 aromatic rings. The van der Waals surface area contributed by atoms with Crippen molar-refractivity contribution in [1.29, 1.82) is 0 Å². The first-order chi connectivity index (χ1) is 9.93. The van der Waals surface area contributed by atoms with Crippen LogP contribution < -0.4 is 11.3 Å². The minimum absolute atomic E-state index is 0.0887. The van der Waals surface area contributed by atoms with Gasteiger partial charge >= 0.3 is 6.18 Å². The van der Waals surface area contributed by atoms with Crippen LogP contribution in [0.5, 0.6) is 0 Å². The molecule has 0 saturated carbocycles. The molecular formula is C13H16F3N3O2. The Morgan fingerprint density at radius 3 is 2.71 bits per heavy atom. The zero-order chi connectivity index (χ0) is 15.5. The number of hydrogen-bond acceptors (Lipinski definition) is 4. The summed E-state index contributed by atoms with van der Waals surface area (Å²) in [5.74, 6) is 4.79. The Bertz CT molecular complexity index is 512. The van der Waals surface area contributed by atoms with Gasteiger partial charge in [-0.3, -0.25) is 10.6 Å². The summed E-state index contributed by atoms with van der Waals surface area (Å²) >= 11 is 0. The first-order valence-corrected chi connectivity index (χ1v) is 6.48. The SMILES string of the molecule is NNc1ccc(C(F)(F)F)cc1C(=O)N1CCCOCC1. The molecule has 1 heterocycles. The second-order valence-electron chi connectivity index (χ2n) is 4.66. The highest BCUT2D eigenvalue weighted by Crippen LogP contribution is 2.32. The Kier molecular flexibility index (Phi) is 4.69. The quantitative estimate of drug-likeness (QED) is 0.646. The van der Waals surface area contributed by atoms with E-state index in [4.69, 9.17) is 10.6 Å². The lowest BCUT2D eigenvalue weighted by atomic mass is 10.1. The van der Waals surface area contributed by atoms with E-state index in [0.717, 1.165) is 18.2 Å². The number of nitrogens with one attached hydrogen (secondary N) is 1. The van der Waals surface area contributed by atoms with Gasteiger partial charge in [0.25, 0.3) is 5.91 Å². The van der Waals surface area contributed by atoms with Gasteiger partial charge in [0.05, 0.1) is 23.4 Å². The van der Waals surface area contributed by atoms with Crippen LogP contribution in [-0.2, 0) is 10.9 Å². The zero-order valence-electron chi connectivity index (χ0n) is 11.2. The van der Waals surface area contributed by atoms with Crippen LogP contribution in [0.15, 0.2) is 18.2 Å². The molecule has 116 valence electrons. The lowest BCUT2D eigenvalue weighted by Gasteiger charge is -2.22. The second-order valence-corrected chi connectivity index (χ2v) is 4.66. The van der Waals surface area contributed by atoms with Crippen molar-refractivity contribution in [3.05, 3.63) is 29.3 Å². The van der Waals surface area contributed by atoms with E-state index in [1.807, 2.05) is 0 Å². The van der Waals surface area contributed by atoms with E-state index in [1.54, 1.807) is 0 Å². The monoisotopic (exact) mass is 303 g/mol. The van der Waals surface area contributed by atoms with E-state index in [9.17, 15) is 18.0 Å². The number of nitrogens with zero attached hydrogens (tertiary/aromatic N) is 1. The van der Waals surface area contributed by atoms with Gasteiger partial charge in [-0.25, -0.2) is 0 Å². The Morgan fingerprint density at radius 2 is 2.05 bits per heavy atom. The van der Waals surface area contributed by atoms with Crippen LogP contribution in [0.3, 0.4) is 0 Å². The van der Waals surface area contributed by atoms with Gasteiger partial charge < -0.3 is 15.1 Å². The number of benzene rings is 1. The van der Waals surface area contributed by atoms with Crippen molar-refractivity contribution in [2.24, 2.45) is 5.84 Å². The molecule has 0 aliphatic carbocycles. The maximum absolute atomic E-state index is 12.8. The molecule has 1 amide bonds. The normalized spacial score (nSPS) is 16.5. The van der Waals surface area contributed by atoms with Crippen molar-refractivity contribution < 1.29 is 22.7 Å². The van der Waals surface area contributed by atoms with E-state index >= 15 is 0 Å². The van der Waals surface area contributed by atoms with E-state index in [1.165, 1.54) is 4.90 Å². The molecule has 5 nitrogen and oxygen atoms in total. The number of nitrogens with two attached hydrogens (primary N) is 1. The third kappa shape index (κ3) is 3.64. The largest absolute Gasteiger partial charge is 0.416 e. The van der Waals surface area contributed by atoms with Crippen LogP contribution in [0.4, 0.5) is 18.9 Å². The minimum Gasteiger partial charge on any atom is -0.380 e. The van der Waals surface area contributed by atoms with Gasteiger partial charge in [0.2, 0.25) is 0 Å². The number of anilines is 1. The summed E-state index contributed by atoms with van der Waals surface area (Å²) in [6.45, 7) is 1.70. The fraction of sp³-hybridized carbons (Fsp3) is 0.462. The molecule has 0 unspecified atom stereocenters. The summed E-state index contributed by atoms with van der Waals surface area (Å²) in [6.07, 6.45) is -3.86. The molecule has 21 heavy (non-hydrogen) atoms. The Hall–Kier alpha value is -1.80. The van der Waals surface area contributed by atoms with E-state index in [2.05, 4.69) is 5.43 Å². The number of carbonyl (C=O) groups excluding carboxylic acids is 1. The highest BCUT2D eigenvalue weighted by molar-refractivity contribution is 5.99. The Morgan fingerprint density at radius 1 is 1.29 bits per heavy atom. The number of ether oxygens (including phenoxy) is 1. The van der Waals surface area contributed by atoms with Crippen molar-refractivity contribution >= 4 is 11.6 Å². The van der Waals surface area contributed by atoms with Gasteiger partial charge in [-0.1, -0.05) is 0 Å². The number of alkyl halides is 3. The molecule has 0 bridgehead atoms. The average Bonchev–Trinajstić information content (AvgIpc) is 2.74. The lowest BCUT2D eigenvalue weighted by molar-refractivity contribution is -0.137. The molecule has 1 fully saturated rings. The maximum atomic E-state index is 12.8. The van der Waals surface area contributed by atoms with Gasteiger partial charge in [-0.2, -0.15) is 13.2 Å². The standard InChI is InChI=1S/C13H16F3N3O2/c14-13(15,16)9-2-3-11(18-17)10(8-9)12(20)19-4-1-6-21-7-5-19/h2-3,8,18H,1,4-7,17H2. The molecule has 3 N–H and O–H groups in total. The third-order valence-electron chi connectivity index (χ3n) is 3.24. The van der Waals surface area contributed by atoms with Crippen LogP contribution >= 0.6 is 0 Å². The summed E-state index contributed by atoms with van der Waals surface area (Å²) in [6, 6.07) is 2.87. The average molecular weight is 303 g/mol.